The summed E-state index contributed by atoms with van der Waals surface area (Å²) < 4.78 is 16.0. The van der Waals surface area contributed by atoms with Gasteiger partial charge in [-0.2, -0.15) is 0 Å². The van der Waals surface area contributed by atoms with Crippen LogP contribution < -0.4 is 16.6 Å². The first-order chi connectivity index (χ1) is 12.9. The van der Waals surface area contributed by atoms with E-state index in [1.807, 2.05) is 0 Å². The predicted molar refractivity (Wildman–Crippen MR) is 103 cm³/mol. The number of nitrogens with one attached hydrogen (secondary N) is 1. The van der Waals surface area contributed by atoms with Gasteiger partial charge < -0.3 is 5.32 Å². The molecule has 0 saturated carbocycles. The molecule has 0 unspecified atom stereocenters. The van der Waals surface area contributed by atoms with Gasteiger partial charge in [0.1, 0.15) is 12.4 Å². The highest BCUT2D eigenvalue weighted by Gasteiger charge is 2.15. The van der Waals surface area contributed by atoms with E-state index in [-0.39, 0.29) is 17.3 Å². The summed E-state index contributed by atoms with van der Waals surface area (Å²) in [7, 11) is 0. The molecule has 138 valence electrons. The molecule has 0 radical (unpaired) electrons. The molecule has 6 nitrogen and oxygen atoms in total. The molecule has 0 fully saturated rings. The fraction of sp³-hybridized carbons (Fsp3) is 0.105. The first-order valence-corrected chi connectivity index (χ1v) is 8.38. The number of carbonyl (C=O) groups excluding carboxylic acids is 1. The number of allylic oxidation sites excluding steroid dienone is 1. The first kappa shape index (κ1) is 18.6. The third-order valence-electron chi connectivity index (χ3n) is 3.95. The topological polar surface area (TPSA) is 73.1 Å². The smallest absolute Gasteiger partial charge is 0.322 e. The Bertz CT molecular complexity index is 1170. The summed E-state index contributed by atoms with van der Waals surface area (Å²) >= 11 is 5.69. The van der Waals surface area contributed by atoms with Crippen molar-refractivity contribution in [3.05, 3.63) is 86.8 Å². The highest BCUT2D eigenvalue weighted by Crippen LogP contribution is 2.19. The number of anilines is 1. The standard InChI is InChI=1S/C19H15ClFN3O3/c1-2-9-23-18(26)13-5-3-4-6-16(13)24(19(23)27)11-17(25)22-15-8-7-12(20)10-14(15)21/h2-8,10H,1,9,11H2,(H,22,25). The molecule has 8 heteroatoms. The van der Waals surface area contributed by atoms with Crippen LogP contribution in [0.4, 0.5) is 10.1 Å². The van der Waals surface area contributed by atoms with Crippen LogP contribution in [0, 0.1) is 5.82 Å². The quantitative estimate of drug-likeness (QED) is 0.684. The Morgan fingerprint density at radius 2 is 1.93 bits per heavy atom. The molecule has 1 heterocycles. The summed E-state index contributed by atoms with van der Waals surface area (Å²) in [5, 5.41) is 2.90. The van der Waals surface area contributed by atoms with E-state index in [1.54, 1.807) is 24.3 Å². The molecule has 2 aromatic carbocycles. The maximum atomic E-state index is 13.9. The van der Waals surface area contributed by atoms with Crippen LogP contribution in [0.15, 0.2) is 64.7 Å². The third kappa shape index (κ3) is 3.68. The number of hydrogen-bond donors (Lipinski definition) is 1. The van der Waals surface area contributed by atoms with E-state index in [0.717, 1.165) is 10.6 Å². The number of benzene rings is 2. The molecule has 0 atom stereocenters. The maximum Gasteiger partial charge on any atom is 0.332 e. The van der Waals surface area contributed by atoms with Crippen molar-refractivity contribution in [1.29, 1.82) is 0 Å². The van der Waals surface area contributed by atoms with Gasteiger partial charge in [-0.15, -0.1) is 6.58 Å². The van der Waals surface area contributed by atoms with Crippen molar-refractivity contribution in [3.8, 4) is 0 Å². The number of amides is 1. The van der Waals surface area contributed by atoms with Crippen molar-refractivity contribution in [2.45, 2.75) is 13.1 Å². The lowest BCUT2D eigenvalue weighted by Gasteiger charge is -2.13. The van der Waals surface area contributed by atoms with E-state index in [0.29, 0.717) is 10.9 Å². The number of nitrogens with zero attached hydrogens (tertiary/aromatic N) is 2. The molecule has 1 N–H and O–H groups in total. The Morgan fingerprint density at radius 3 is 2.63 bits per heavy atom. The number of hydrogen-bond acceptors (Lipinski definition) is 3. The summed E-state index contributed by atoms with van der Waals surface area (Å²) in [5.74, 6) is -1.31. The normalized spacial score (nSPS) is 10.7. The van der Waals surface area contributed by atoms with Crippen LogP contribution in [-0.2, 0) is 17.9 Å². The van der Waals surface area contributed by atoms with Gasteiger partial charge in [-0.25, -0.2) is 9.18 Å². The molecule has 27 heavy (non-hydrogen) atoms. The predicted octanol–water partition coefficient (Wildman–Crippen LogP) is 2.78. The number of para-hydroxylation sites is 1. The van der Waals surface area contributed by atoms with Gasteiger partial charge in [-0.05, 0) is 30.3 Å². The van der Waals surface area contributed by atoms with E-state index in [1.165, 1.54) is 22.8 Å². The SMILES string of the molecule is C=CCn1c(=O)c2ccccc2n(CC(=O)Nc2ccc(Cl)cc2F)c1=O. The summed E-state index contributed by atoms with van der Waals surface area (Å²) in [6.07, 6.45) is 1.42. The molecule has 0 aliphatic rings. The number of halogens is 2. The second-order valence-electron chi connectivity index (χ2n) is 5.76. The van der Waals surface area contributed by atoms with Gasteiger partial charge in [-0.1, -0.05) is 29.8 Å². The monoisotopic (exact) mass is 387 g/mol. The summed E-state index contributed by atoms with van der Waals surface area (Å²) in [4.78, 5) is 37.6. The highest BCUT2D eigenvalue weighted by molar-refractivity contribution is 6.30. The maximum absolute atomic E-state index is 13.9. The van der Waals surface area contributed by atoms with Crippen LogP contribution in [0.3, 0.4) is 0 Å². The first-order valence-electron chi connectivity index (χ1n) is 8.00. The fourth-order valence-electron chi connectivity index (χ4n) is 2.74. The van der Waals surface area contributed by atoms with E-state index in [4.69, 9.17) is 11.6 Å². The molecular weight excluding hydrogens is 373 g/mol. The van der Waals surface area contributed by atoms with Crippen LogP contribution in [0.1, 0.15) is 0 Å². The van der Waals surface area contributed by atoms with E-state index < -0.39 is 29.5 Å². The van der Waals surface area contributed by atoms with Crippen LogP contribution in [0.2, 0.25) is 5.02 Å². The second-order valence-corrected chi connectivity index (χ2v) is 6.20. The molecule has 0 spiro atoms. The van der Waals surface area contributed by atoms with E-state index >= 15 is 0 Å². The van der Waals surface area contributed by atoms with Gasteiger partial charge in [0, 0.05) is 11.6 Å². The van der Waals surface area contributed by atoms with Crippen molar-refractivity contribution in [1.82, 2.24) is 9.13 Å². The Hall–Kier alpha value is -3.19. The van der Waals surface area contributed by atoms with Gasteiger partial charge >= 0.3 is 5.69 Å². The Balaban J connectivity index is 2.03. The zero-order chi connectivity index (χ0) is 19.6. The van der Waals surface area contributed by atoms with Crippen molar-refractivity contribution in [2.75, 3.05) is 5.32 Å². The molecule has 1 amide bonds. The zero-order valence-electron chi connectivity index (χ0n) is 14.1. The number of aromatic nitrogens is 2. The van der Waals surface area contributed by atoms with Gasteiger partial charge in [-0.3, -0.25) is 18.7 Å². The van der Waals surface area contributed by atoms with Crippen molar-refractivity contribution in [3.63, 3.8) is 0 Å². The number of fused-ring (bicyclic) bond motifs is 1. The van der Waals surface area contributed by atoms with Crippen molar-refractivity contribution in [2.24, 2.45) is 0 Å². The van der Waals surface area contributed by atoms with Crippen molar-refractivity contribution >= 4 is 34.1 Å². The summed E-state index contributed by atoms with van der Waals surface area (Å²) in [6, 6.07) is 10.3. The molecule has 3 rings (SSSR count). The zero-order valence-corrected chi connectivity index (χ0v) is 14.9. The molecule has 1 aromatic heterocycles. The molecule has 0 aliphatic carbocycles. The molecule has 0 saturated heterocycles. The Labute approximate surface area is 158 Å². The van der Waals surface area contributed by atoms with Crippen LogP contribution in [0.5, 0.6) is 0 Å². The average Bonchev–Trinajstić information content (AvgIpc) is 2.64. The van der Waals surface area contributed by atoms with Gasteiger partial charge in [0.2, 0.25) is 5.91 Å². The highest BCUT2D eigenvalue weighted by atomic mass is 35.5. The number of carbonyl (C=O) groups is 1. The minimum atomic E-state index is -0.690. The van der Waals surface area contributed by atoms with Crippen LogP contribution in [-0.4, -0.2) is 15.0 Å². The van der Waals surface area contributed by atoms with Gasteiger partial charge in [0.05, 0.1) is 16.6 Å². The van der Waals surface area contributed by atoms with E-state index in [2.05, 4.69) is 11.9 Å². The van der Waals surface area contributed by atoms with Crippen LogP contribution in [0.25, 0.3) is 10.9 Å². The van der Waals surface area contributed by atoms with E-state index in [9.17, 15) is 18.8 Å². The third-order valence-corrected chi connectivity index (χ3v) is 4.19. The minimum Gasteiger partial charge on any atom is -0.322 e. The van der Waals surface area contributed by atoms with Gasteiger partial charge in [0.25, 0.3) is 5.56 Å². The average molecular weight is 388 g/mol. The van der Waals surface area contributed by atoms with Gasteiger partial charge in [0.15, 0.2) is 0 Å². The largest absolute Gasteiger partial charge is 0.332 e. The lowest BCUT2D eigenvalue weighted by molar-refractivity contribution is -0.116. The Kier molecular flexibility index (Phi) is 5.23. The minimum absolute atomic E-state index is 0.00985. The van der Waals surface area contributed by atoms with Crippen LogP contribution >= 0.6 is 11.6 Å². The second kappa shape index (κ2) is 7.59. The molecule has 3 aromatic rings. The number of rotatable bonds is 5. The summed E-state index contributed by atoms with van der Waals surface area (Å²) in [6.45, 7) is 3.16. The Morgan fingerprint density at radius 1 is 1.19 bits per heavy atom. The lowest BCUT2D eigenvalue weighted by Crippen LogP contribution is -2.41. The lowest BCUT2D eigenvalue weighted by atomic mass is 10.2. The van der Waals surface area contributed by atoms with Crippen molar-refractivity contribution < 1.29 is 9.18 Å². The fourth-order valence-corrected chi connectivity index (χ4v) is 2.90. The molecular formula is C19H15ClFN3O3. The summed E-state index contributed by atoms with van der Waals surface area (Å²) in [5.41, 5.74) is -0.845. The molecule has 0 bridgehead atoms. The molecule has 0 aliphatic heterocycles.